The Bertz CT molecular complexity index is 315. The maximum absolute atomic E-state index is 8.66. The average molecular weight is 223 g/mol. The smallest absolute Gasteiger partial charge is 0.0638 e. The molecule has 0 amide bonds. The number of nitrogens with zero attached hydrogens (tertiary/aromatic N) is 2. The third-order valence-electron chi connectivity index (χ3n) is 2.72. The number of nitrogens with two attached hydrogens (primary N) is 1. The van der Waals surface area contributed by atoms with Gasteiger partial charge in [0.15, 0.2) is 0 Å². The summed E-state index contributed by atoms with van der Waals surface area (Å²) in [7, 11) is 2.02. The second-order valence-corrected chi connectivity index (χ2v) is 4.46. The van der Waals surface area contributed by atoms with Crippen LogP contribution in [0.3, 0.4) is 0 Å². The molecule has 3 nitrogen and oxygen atoms in total. The number of hydrogen-bond acceptors (Lipinski definition) is 4. The summed E-state index contributed by atoms with van der Waals surface area (Å²) in [5, 5.41) is 12.8. The van der Waals surface area contributed by atoms with Crippen LogP contribution in [0.4, 0.5) is 0 Å². The Hall–Kier alpha value is -0.890. The van der Waals surface area contributed by atoms with E-state index in [2.05, 4.69) is 34.7 Å². The van der Waals surface area contributed by atoms with Gasteiger partial charge in [0.1, 0.15) is 0 Å². The molecule has 4 heteroatoms. The Morgan fingerprint density at radius 3 is 2.87 bits per heavy atom. The van der Waals surface area contributed by atoms with Crippen LogP contribution in [0.2, 0.25) is 0 Å². The lowest BCUT2D eigenvalue weighted by molar-refractivity contribution is 0.191. The van der Waals surface area contributed by atoms with Crippen molar-refractivity contribution >= 4 is 11.3 Å². The van der Waals surface area contributed by atoms with Gasteiger partial charge in [-0.3, -0.25) is 4.90 Å². The minimum Gasteiger partial charge on any atom is -0.329 e. The number of rotatable bonds is 5. The standard InChI is InChI=1S/C11H17N3S/c1-9(3-5-12)14(2)11(7-13)10-4-6-15-8-10/h4,6,8-9,11H,3,7,13H2,1-2H3. The highest BCUT2D eigenvalue weighted by Crippen LogP contribution is 2.23. The monoisotopic (exact) mass is 223 g/mol. The molecule has 0 saturated heterocycles. The number of likely N-dealkylation sites (N-methyl/N-ethyl adjacent to an activating group) is 1. The molecule has 15 heavy (non-hydrogen) atoms. The molecule has 0 bridgehead atoms. The molecule has 0 radical (unpaired) electrons. The fourth-order valence-corrected chi connectivity index (χ4v) is 2.29. The Morgan fingerprint density at radius 1 is 1.67 bits per heavy atom. The van der Waals surface area contributed by atoms with E-state index >= 15 is 0 Å². The molecule has 1 aromatic rings. The Morgan fingerprint density at radius 2 is 2.40 bits per heavy atom. The third-order valence-corrected chi connectivity index (χ3v) is 3.43. The van der Waals surface area contributed by atoms with E-state index in [1.54, 1.807) is 11.3 Å². The number of thiophene rings is 1. The van der Waals surface area contributed by atoms with Crippen LogP contribution >= 0.6 is 11.3 Å². The summed E-state index contributed by atoms with van der Waals surface area (Å²) >= 11 is 1.68. The van der Waals surface area contributed by atoms with Gasteiger partial charge in [-0.2, -0.15) is 16.6 Å². The van der Waals surface area contributed by atoms with Gasteiger partial charge in [0.2, 0.25) is 0 Å². The molecule has 0 aliphatic rings. The first kappa shape index (κ1) is 12.2. The predicted octanol–water partition coefficient (Wildman–Crippen LogP) is 1.98. The van der Waals surface area contributed by atoms with Crippen LogP contribution in [-0.2, 0) is 0 Å². The van der Waals surface area contributed by atoms with Crippen LogP contribution < -0.4 is 5.73 Å². The second kappa shape index (κ2) is 5.86. The lowest BCUT2D eigenvalue weighted by Gasteiger charge is -2.30. The molecule has 0 aromatic carbocycles. The molecule has 1 aromatic heterocycles. The predicted molar refractivity (Wildman–Crippen MR) is 63.6 cm³/mol. The molecule has 82 valence electrons. The highest BCUT2D eigenvalue weighted by atomic mass is 32.1. The van der Waals surface area contributed by atoms with E-state index in [9.17, 15) is 0 Å². The lowest BCUT2D eigenvalue weighted by Crippen LogP contribution is -2.36. The van der Waals surface area contributed by atoms with E-state index in [0.29, 0.717) is 13.0 Å². The summed E-state index contributed by atoms with van der Waals surface area (Å²) in [5.41, 5.74) is 7.02. The van der Waals surface area contributed by atoms with Crippen LogP contribution in [0.25, 0.3) is 0 Å². The number of hydrogen-bond donors (Lipinski definition) is 1. The summed E-state index contributed by atoms with van der Waals surface area (Å²) in [6.07, 6.45) is 0.539. The second-order valence-electron chi connectivity index (χ2n) is 3.68. The van der Waals surface area contributed by atoms with Gasteiger partial charge in [-0.1, -0.05) is 0 Å². The summed E-state index contributed by atoms with van der Waals surface area (Å²) < 4.78 is 0. The van der Waals surface area contributed by atoms with Crippen molar-refractivity contribution in [3.8, 4) is 6.07 Å². The Balaban J connectivity index is 2.71. The van der Waals surface area contributed by atoms with Crippen molar-refractivity contribution in [1.29, 1.82) is 5.26 Å². The van der Waals surface area contributed by atoms with Gasteiger partial charge in [0, 0.05) is 18.6 Å². The lowest BCUT2D eigenvalue weighted by atomic mass is 10.1. The molecule has 1 rings (SSSR count). The van der Waals surface area contributed by atoms with Crippen LogP contribution in [0, 0.1) is 11.3 Å². The van der Waals surface area contributed by atoms with Gasteiger partial charge in [0.05, 0.1) is 12.5 Å². The van der Waals surface area contributed by atoms with Gasteiger partial charge in [0.25, 0.3) is 0 Å². The molecule has 0 aliphatic carbocycles. The van der Waals surface area contributed by atoms with Gasteiger partial charge < -0.3 is 5.73 Å². The summed E-state index contributed by atoms with van der Waals surface area (Å²) in [5.74, 6) is 0. The minimum absolute atomic E-state index is 0.222. The average Bonchev–Trinajstić information content (AvgIpc) is 2.72. The van der Waals surface area contributed by atoms with Crippen LogP contribution in [-0.4, -0.2) is 24.5 Å². The molecular weight excluding hydrogens is 206 g/mol. The van der Waals surface area contributed by atoms with Crippen LogP contribution in [0.1, 0.15) is 24.9 Å². The van der Waals surface area contributed by atoms with Gasteiger partial charge in [-0.25, -0.2) is 0 Å². The highest BCUT2D eigenvalue weighted by molar-refractivity contribution is 7.07. The SMILES string of the molecule is CC(CC#N)N(C)C(CN)c1ccsc1. The zero-order valence-corrected chi connectivity index (χ0v) is 10.00. The molecule has 0 fully saturated rings. The fraction of sp³-hybridized carbons (Fsp3) is 0.545. The van der Waals surface area contributed by atoms with E-state index in [-0.39, 0.29) is 12.1 Å². The quantitative estimate of drug-likeness (QED) is 0.830. The zero-order chi connectivity index (χ0) is 11.3. The van der Waals surface area contributed by atoms with E-state index in [4.69, 9.17) is 11.0 Å². The van der Waals surface area contributed by atoms with Crippen molar-refractivity contribution in [2.45, 2.75) is 25.4 Å². The normalized spacial score (nSPS) is 14.9. The van der Waals surface area contributed by atoms with Crippen molar-refractivity contribution in [3.63, 3.8) is 0 Å². The maximum Gasteiger partial charge on any atom is 0.0638 e. The molecule has 2 N–H and O–H groups in total. The van der Waals surface area contributed by atoms with Crippen molar-refractivity contribution < 1.29 is 0 Å². The van der Waals surface area contributed by atoms with E-state index in [1.165, 1.54) is 5.56 Å². The highest BCUT2D eigenvalue weighted by Gasteiger charge is 2.20. The van der Waals surface area contributed by atoms with Crippen molar-refractivity contribution in [3.05, 3.63) is 22.4 Å². The molecule has 0 saturated carbocycles. The van der Waals surface area contributed by atoms with Crippen LogP contribution in [0.15, 0.2) is 16.8 Å². The van der Waals surface area contributed by atoms with Gasteiger partial charge in [-0.05, 0) is 36.4 Å². The minimum atomic E-state index is 0.222. The fourth-order valence-electron chi connectivity index (χ4n) is 1.59. The van der Waals surface area contributed by atoms with Gasteiger partial charge in [-0.15, -0.1) is 0 Å². The molecule has 2 unspecified atom stereocenters. The van der Waals surface area contributed by atoms with Crippen molar-refractivity contribution in [2.24, 2.45) is 5.73 Å². The van der Waals surface area contributed by atoms with Crippen molar-refractivity contribution in [1.82, 2.24) is 4.90 Å². The van der Waals surface area contributed by atoms with E-state index in [1.807, 2.05) is 7.05 Å². The molecule has 1 heterocycles. The first-order chi connectivity index (χ1) is 7.20. The number of nitriles is 1. The maximum atomic E-state index is 8.66. The largest absolute Gasteiger partial charge is 0.329 e. The van der Waals surface area contributed by atoms with E-state index in [0.717, 1.165) is 0 Å². The third kappa shape index (κ3) is 3.03. The Labute approximate surface area is 95.1 Å². The molecule has 0 spiro atoms. The molecule has 0 aliphatic heterocycles. The first-order valence-corrected chi connectivity index (χ1v) is 5.96. The van der Waals surface area contributed by atoms with Crippen molar-refractivity contribution in [2.75, 3.05) is 13.6 Å². The zero-order valence-electron chi connectivity index (χ0n) is 9.18. The molecular formula is C11H17N3S. The molecule has 2 atom stereocenters. The van der Waals surface area contributed by atoms with Gasteiger partial charge >= 0.3 is 0 Å². The topological polar surface area (TPSA) is 53.0 Å². The van der Waals surface area contributed by atoms with Crippen LogP contribution in [0.5, 0.6) is 0 Å². The summed E-state index contributed by atoms with van der Waals surface area (Å²) in [6, 6.07) is 4.75. The summed E-state index contributed by atoms with van der Waals surface area (Å²) in [6.45, 7) is 2.64. The Kier molecular flexibility index (Phi) is 4.76. The first-order valence-electron chi connectivity index (χ1n) is 5.01. The van der Waals surface area contributed by atoms with E-state index < -0.39 is 0 Å². The summed E-state index contributed by atoms with van der Waals surface area (Å²) in [4.78, 5) is 2.17.